The van der Waals surface area contributed by atoms with E-state index < -0.39 is 5.97 Å². The summed E-state index contributed by atoms with van der Waals surface area (Å²) in [7, 11) is 0. The van der Waals surface area contributed by atoms with Crippen molar-refractivity contribution in [3.8, 4) is 0 Å². The lowest BCUT2D eigenvalue weighted by atomic mass is 9.82. The molecule has 1 aromatic heterocycles. The number of nitrogens with zero attached hydrogens (tertiary/aromatic N) is 1. The van der Waals surface area contributed by atoms with E-state index in [-0.39, 0.29) is 0 Å². The Morgan fingerprint density at radius 2 is 1.69 bits per heavy atom. The summed E-state index contributed by atoms with van der Waals surface area (Å²) in [6.45, 7) is 0.843. The molecule has 1 N–H and O–H groups in total. The van der Waals surface area contributed by atoms with Gasteiger partial charge in [0.15, 0.2) is 0 Å². The number of benzene rings is 3. The van der Waals surface area contributed by atoms with Gasteiger partial charge in [-0.15, -0.1) is 0 Å². The van der Waals surface area contributed by atoms with Gasteiger partial charge >= 0.3 is 5.97 Å². The minimum Gasteiger partial charge on any atom is -0.478 e. The molecule has 0 spiro atoms. The van der Waals surface area contributed by atoms with Gasteiger partial charge in [0.1, 0.15) is 0 Å². The Morgan fingerprint density at radius 1 is 0.875 bits per heavy atom. The third-order valence-electron chi connectivity index (χ3n) is 6.87. The molecule has 5 rings (SSSR count). The van der Waals surface area contributed by atoms with Crippen LogP contribution in [-0.2, 0) is 13.0 Å². The minimum absolute atomic E-state index is 0.454. The summed E-state index contributed by atoms with van der Waals surface area (Å²) in [5.41, 5.74) is 6.15. The lowest BCUT2D eigenvalue weighted by Gasteiger charge is -2.22. The maximum absolute atomic E-state index is 12.0. The molecule has 162 valence electrons. The molecule has 1 heterocycles. The number of carbonyl (C=O) groups is 1. The fourth-order valence-electron chi connectivity index (χ4n) is 5.13. The summed E-state index contributed by atoms with van der Waals surface area (Å²) in [4.78, 5) is 12.0. The first-order valence-electron chi connectivity index (χ1n) is 11.7. The standard InChI is InChI=1S/C29H29NO2/c31-29(32)27-19-24(23-9-5-2-6-10-23)12-13-25(27)17-22-11-14-28-26(18-22)15-16-30(28)20-21-7-3-1-4-8-21/h1,3-4,7-8,11-16,18-19,23H,2,5-6,9-10,17,20H2,(H,31,32). The summed E-state index contributed by atoms with van der Waals surface area (Å²) in [6, 6.07) is 25.2. The molecule has 0 amide bonds. The second kappa shape index (κ2) is 9.04. The van der Waals surface area contributed by atoms with E-state index >= 15 is 0 Å². The third-order valence-corrected chi connectivity index (χ3v) is 6.87. The van der Waals surface area contributed by atoms with Crippen LogP contribution >= 0.6 is 0 Å². The van der Waals surface area contributed by atoms with Crippen LogP contribution in [0.25, 0.3) is 10.9 Å². The molecule has 1 aliphatic carbocycles. The van der Waals surface area contributed by atoms with E-state index in [0.29, 0.717) is 17.9 Å². The third kappa shape index (κ3) is 4.34. The van der Waals surface area contributed by atoms with Crippen molar-refractivity contribution in [1.82, 2.24) is 4.57 Å². The average molecular weight is 424 g/mol. The molecule has 3 aromatic carbocycles. The van der Waals surface area contributed by atoms with Gasteiger partial charge in [-0.05, 0) is 77.1 Å². The second-order valence-corrected chi connectivity index (χ2v) is 9.06. The Kier molecular flexibility index (Phi) is 5.81. The van der Waals surface area contributed by atoms with Gasteiger partial charge in [-0.25, -0.2) is 4.79 Å². The number of hydrogen-bond donors (Lipinski definition) is 1. The predicted octanol–water partition coefficient (Wildman–Crippen LogP) is 7.03. The van der Waals surface area contributed by atoms with E-state index in [1.54, 1.807) is 0 Å². The Labute approximate surface area is 189 Å². The molecule has 0 radical (unpaired) electrons. The van der Waals surface area contributed by atoms with Gasteiger partial charge in [0.05, 0.1) is 5.56 Å². The highest BCUT2D eigenvalue weighted by atomic mass is 16.4. The lowest BCUT2D eigenvalue weighted by molar-refractivity contribution is 0.0695. The molecule has 4 aromatic rings. The SMILES string of the molecule is O=C(O)c1cc(C2CCCCC2)ccc1Cc1ccc2c(ccn2Cc2ccccc2)c1. The zero-order valence-corrected chi connectivity index (χ0v) is 18.3. The molecular formula is C29H29NO2. The van der Waals surface area contributed by atoms with Crippen LogP contribution in [0.1, 0.15) is 70.6 Å². The van der Waals surface area contributed by atoms with E-state index in [2.05, 4.69) is 65.4 Å². The van der Waals surface area contributed by atoms with Crippen molar-refractivity contribution < 1.29 is 9.90 Å². The molecule has 3 nitrogen and oxygen atoms in total. The van der Waals surface area contributed by atoms with Crippen LogP contribution in [0.5, 0.6) is 0 Å². The first-order chi connectivity index (χ1) is 15.7. The van der Waals surface area contributed by atoms with Crippen LogP contribution in [0.15, 0.2) is 79.0 Å². The van der Waals surface area contributed by atoms with E-state index in [0.717, 1.165) is 17.7 Å². The average Bonchev–Trinajstić information content (AvgIpc) is 3.22. The van der Waals surface area contributed by atoms with Crippen molar-refractivity contribution in [3.05, 3.63) is 107 Å². The second-order valence-electron chi connectivity index (χ2n) is 9.06. The minimum atomic E-state index is -0.826. The Hall–Kier alpha value is -3.33. The van der Waals surface area contributed by atoms with E-state index in [9.17, 15) is 9.90 Å². The molecule has 0 saturated heterocycles. The van der Waals surface area contributed by atoms with Crippen molar-refractivity contribution in [1.29, 1.82) is 0 Å². The van der Waals surface area contributed by atoms with Gasteiger partial charge in [0.25, 0.3) is 0 Å². The highest BCUT2D eigenvalue weighted by molar-refractivity contribution is 5.90. The van der Waals surface area contributed by atoms with Crippen molar-refractivity contribution in [2.45, 2.75) is 51.0 Å². The quantitative estimate of drug-likeness (QED) is 0.362. The molecule has 1 aliphatic rings. The Bertz CT molecular complexity index is 1230. The number of rotatable bonds is 6. The fourth-order valence-corrected chi connectivity index (χ4v) is 5.13. The Morgan fingerprint density at radius 3 is 2.47 bits per heavy atom. The number of fused-ring (bicyclic) bond motifs is 1. The first-order valence-corrected chi connectivity index (χ1v) is 11.7. The van der Waals surface area contributed by atoms with E-state index in [1.807, 2.05) is 18.2 Å². The predicted molar refractivity (Wildman–Crippen MR) is 130 cm³/mol. The molecule has 0 unspecified atom stereocenters. The van der Waals surface area contributed by atoms with Crippen LogP contribution in [0, 0.1) is 0 Å². The van der Waals surface area contributed by atoms with Gasteiger partial charge in [-0.2, -0.15) is 0 Å². The van der Waals surface area contributed by atoms with Gasteiger partial charge in [-0.3, -0.25) is 0 Å². The molecular weight excluding hydrogens is 394 g/mol. The van der Waals surface area contributed by atoms with E-state index in [1.165, 1.54) is 54.1 Å². The monoisotopic (exact) mass is 423 g/mol. The van der Waals surface area contributed by atoms with Crippen molar-refractivity contribution >= 4 is 16.9 Å². The molecule has 32 heavy (non-hydrogen) atoms. The van der Waals surface area contributed by atoms with Crippen LogP contribution < -0.4 is 0 Å². The van der Waals surface area contributed by atoms with E-state index in [4.69, 9.17) is 0 Å². The number of hydrogen-bond acceptors (Lipinski definition) is 1. The normalized spacial score (nSPS) is 14.6. The molecule has 0 atom stereocenters. The molecule has 0 aliphatic heterocycles. The maximum Gasteiger partial charge on any atom is 0.335 e. The van der Waals surface area contributed by atoms with Crippen LogP contribution in [0.4, 0.5) is 0 Å². The van der Waals surface area contributed by atoms with Gasteiger partial charge < -0.3 is 9.67 Å². The number of aromatic nitrogens is 1. The smallest absolute Gasteiger partial charge is 0.335 e. The van der Waals surface area contributed by atoms with Gasteiger partial charge in [0.2, 0.25) is 0 Å². The highest BCUT2D eigenvalue weighted by Crippen LogP contribution is 2.34. The van der Waals surface area contributed by atoms with Crippen molar-refractivity contribution in [2.75, 3.05) is 0 Å². The zero-order valence-electron chi connectivity index (χ0n) is 18.3. The summed E-state index contributed by atoms with van der Waals surface area (Å²) in [6.07, 6.45) is 8.91. The molecule has 1 saturated carbocycles. The summed E-state index contributed by atoms with van der Waals surface area (Å²) < 4.78 is 2.26. The van der Waals surface area contributed by atoms with Crippen LogP contribution in [-0.4, -0.2) is 15.6 Å². The Balaban J connectivity index is 1.39. The molecule has 1 fully saturated rings. The first kappa shape index (κ1) is 20.6. The van der Waals surface area contributed by atoms with Crippen LogP contribution in [0.3, 0.4) is 0 Å². The van der Waals surface area contributed by atoms with Gasteiger partial charge in [-0.1, -0.05) is 67.8 Å². The number of carboxylic acids is 1. The summed E-state index contributed by atoms with van der Waals surface area (Å²) >= 11 is 0. The van der Waals surface area contributed by atoms with Crippen molar-refractivity contribution in [3.63, 3.8) is 0 Å². The number of aromatic carboxylic acids is 1. The maximum atomic E-state index is 12.0. The molecule has 0 bridgehead atoms. The van der Waals surface area contributed by atoms with Crippen molar-refractivity contribution in [2.24, 2.45) is 0 Å². The zero-order chi connectivity index (χ0) is 21.9. The lowest BCUT2D eigenvalue weighted by Crippen LogP contribution is -2.09. The molecule has 3 heteroatoms. The largest absolute Gasteiger partial charge is 0.478 e. The van der Waals surface area contributed by atoms with Gasteiger partial charge in [0, 0.05) is 18.3 Å². The van der Waals surface area contributed by atoms with Crippen LogP contribution in [0.2, 0.25) is 0 Å². The highest BCUT2D eigenvalue weighted by Gasteiger charge is 2.19. The summed E-state index contributed by atoms with van der Waals surface area (Å²) in [5.74, 6) is -0.315. The summed E-state index contributed by atoms with van der Waals surface area (Å²) in [5, 5.41) is 11.1. The fraction of sp³-hybridized carbons (Fsp3) is 0.276. The topological polar surface area (TPSA) is 42.2 Å². The number of carboxylic acid groups (broad SMARTS) is 1.